The first-order valence-electron chi connectivity index (χ1n) is 7.09. The molecule has 1 aromatic rings. The first-order chi connectivity index (χ1) is 8.76. The summed E-state index contributed by atoms with van der Waals surface area (Å²) in [7, 11) is 0. The number of hydrogen-bond acceptors (Lipinski definition) is 5. The Morgan fingerprint density at radius 2 is 2.22 bits per heavy atom. The van der Waals surface area contributed by atoms with Gasteiger partial charge in [0.2, 0.25) is 5.89 Å². The van der Waals surface area contributed by atoms with Crippen molar-refractivity contribution in [2.75, 3.05) is 18.0 Å². The third-order valence-corrected chi connectivity index (χ3v) is 3.65. The second-order valence-electron chi connectivity index (χ2n) is 4.95. The molecule has 1 fully saturated rings. The number of nitrogens with one attached hydrogen (secondary N) is 1. The maximum absolute atomic E-state index is 5.81. The van der Waals surface area contributed by atoms with Crippen molar-refractivity contribution in [1.82, 2.24) is 15.5 Å². The van der Waals surface area contributed by atoms with Crippen molar-refractivity contribution in [1.29, 1.82) is 0 Å². The van der Waals surface area contributed by atoms with Gasteiger partial charge in [-0.2, -0.15) is 0 Å². The van der Waals surface area contributed by atoms with Gasteiger partial charge in [-0.05, 0) is 39.2 Å². The van der Waals surface area contributed by atoms with Crippen LogP contribution in [-0.2, 0) is 0 Å². The number of piperidine rings is 1. The number of hydrogen-bond donors (Lipinski definition) is 1. The summed E-state index contributed by atoms with van der Waals surface area (Å²) >= 11 is 0. The van der Waals surface area contributed by atoms with Gasteiger partial charge in [-0.25, -0.2) is 0 Å². The maximum atomic E-state index is 5.81. The zero-order valence-corrected chi connectivity index (χ0v) is 11.6. The Balaban J connectivity index is 2.08. The molecule has 2 heterocycles. The first kappa shape index (κ1) is 13.3. The van der Waals surface area contributed by atoms with Crippen molar-refractivity contribution in [3.05, 3.63) is 5.89 Å². The fraction of sp³-hybridized carbons (Fsp3) is 0.846. The van der Waals surface area contributed by atoms with Crippen LogP contribution in [0.5, 0.6) is 0 Å². The number of aromatic nitrogens is 2. The van der Waals surface area contributed by atoms with E-state index < -0.39 is 0 Å². The van der Waals surface area contributed by atoms with E-state index in [2.05, 4.69) is 34.3 Å². The van der Waals surface area contributed by atoms with Gasteiger partial charge in [0.25, 0.3) is 0 Å². The fourth-order valence-corrected chi connectivity index (χ4v) is 2.59. The Labute approximate surface area is 109 Å². The molecule has 2 atom stereocenters. The summed E-state index contributed by atoms with van der Waals surface area (Å²) < 4.78 is 5.81. The van der Waals surface area contributed by atoms with Crippen LogP contribution in [0.1, 0.15) is 58.4 Å². The third-order valence-electron chi connectivity index (χ3n) is 3.65. The summed E-state index contributed by atoms with van der Waals surface area (Å²) in [5.74, 6) is 0.687. The predicted molar refractivity (Wildman–Crippen MR) is 71.7 cm³/mol. The Morgan fingerprint density at radius 3 is 2.94 bits per heavy atom. The van der Waals surface area contributed by atoms with Crippen LogP contribution in [0.2, 0.25) is 0 Å². The maximum Gasteiger partial charge on any atom is 0.318 e. The fourth-order valence-electron chi connectivity index (χ4n) is 2.59. The third kappa shape index (κ3) is 2.83. The van der Waals surface area contributed by atoms with E-state index in [1.54, 1.807) is 0 Å². The summed E-state index contributed by atoms with van der Waals surface area (Å²) in [4.78, 5) is 2.28. The quantitative estimate of drug-likeness (QED) is 0.872. The molecule has 2 unspecified atom stereocenters. The highest BCUT2D eigenvalue weighted by Gasteiger charge is 2.26. The monoisotopic (exact) mass is 252 g/mol. The van der Waals surface area contributed by atoms with Gasteiger partial charge in [-0.3, -0.25) is 0 Å². The number of anilines is 1. The lowest BCUT2D eigenvalue weighted by molar-refractivity contribution is 0.381. The van der Waals surface area contributed by atoms with Gasteiger partial charge in [0.05, 0.1) is 6.04 Å². The van der Waals surface area contributed by atoms with E-state index in [4.69, 9.17) is 4.42 Å². The van der Waals surface area contributed by atoms with E-state index in [0.29, 0.717) is 17.9 Å². The van der Waals surface area contributed by atoms with Gasteiger partial charge in [0.15, 0.2) is 0 Å². The van der Waals surface area contributed by atoms with Crippen LogP contribution in [0.25, 0.3) is 0 Å². The van der Waals surface area contributed by atoms with E-state index in [1.165, 1.54) is 19.3 Å². The minimum Gasteiger partial charge on any atom is -0.406 e. The second kappa shape index (κ2) is 6.18. The molecule has 1 saturated heterocycles. The minimum atomic E-state index is 0.126. The Hall–Kier alpha value is -1.10. The lowest BCUT2D eigenvalue weighted by Crippen LogP contribution is -2.39. The van der Waals surface area contributed by atoms with Gasteiger partial charge >= 0.3 is 6.01 Å². The molecule has 0 amide bonds. The van der Waals surface area contributed by atoms with Crippen LogP contribution >= 0.6 is 0 Å². The average molecular weight is 252 g/mol. The smallest absolute Gasteiger partial charge is 0.318 e. The van der Waals surface area contributed by atoms with Crippen molar-refractivity contribution in [2.24, 2.45) is 0 Å². The summed E-state index contributed by atoms with van der Waals surface area (Å²) in [6.45, 7) is 8.29. The van der Waals surface area contributed by atoms with Crippen molar-refractivity contribution in [3.8, 4) is 0 Å². The van der Waals surface area contributed by atoms with Crippen molar-refractivity contribution >= 4 is 6.01 Å². The normalized spacial score (nSPS) is 22.2. The largest absolute Gasteiger partial charge is 0.406 e. The molecule has 0 aliphatic carbocycles. The van der Waals surface area contributed by atoms with Gasteiger partial charge in [-0.15, -0.1) is 5.10 Å². The molecule has 1 aliphatic heterocycles. The molecule has 102 valence electrons. The van der Waals surface area contributed by atoms with E-state index >= 15 is 0 Å². The SMILES string of the molecule is CCNC(C)c1nnc(N2CCCCC2CC)o1. The van der Waals surface area contributed by atoms with Gasteiger partial charge in [-0.1, -0.05) is 18.9 Å². The molecule has 0 saturated carbocycles. The van der Waals surface area contributed by atoms with E-state index in [-0.39, 0.29) is 6.04 Å². The van der Waals surface area contributed by atoms with Crippen molar-refractivity contribution < 1.29 is 4.42 Å². The summed E-state index contributed by atoms with van der Waals surface area (Å²) in [6.07, 6.45) is 4.90. The molecule has 2 rings (SSSR count). The predicted octanol–water partition coefficient (Wildman–Crippen LogP) is 2.51. The van der Waals surface area contributed by atoms with Gasteiger partial charge in [0.1, 0.15) is 0 Å². The van der Waals surface area contributed by atoms with E-state index in [1.807, 2.05) is 6.92 Å². The highest BCUT2D eigenvalue weighted by molar-refractivity contribution is 5.27. The molecule has 0 radical (unpaired) electrons. The summed E-state index contributed by atoms with van der Waals surface area (Å²) in [5.41, 5.74) is 0. The van der Waals surface area contributed by atoms with Crippen LogP contribution < -0.4 is 10.2 Å². The molecule has 5 nitrogen and oxygen atoms in total. The Bertz CT molecular complexity index is 366. The van der Waals surface area contributed by atoms with Crippen LogP contribution in [0, 0.1) is 0 Å². The number of rotatable bonds is 5. The lowest BCUT2D eigenvalue weighted by Gasteiger charge is -2.33. The zero-order valence-electron chi connectivity index (χ0n) is 11.6. The topological polar surface area (TPSA) is 54.2 Å². The minimum absolute atomic E-state index is 0.126. The summed E-state index contributed by atoms with van der Waals surface area (Å²) in [5, 5.41) is 11.7. The van der Waals surface area contributed by atoms with E-state index in [0.717, 1.165) is 19.5 Å². The molecule has 1 aliphatic rings. The number of nitrogens with zero attached hydrogens (tertiary/aromatic N) is 3. The molecule has 18 heavy (non-hydrogen) atoms. The molecule has 0 aromatic carbocycles. The molecule has 0 spiro atoms. The molecular formula is C13H24N4O. The van der Waals surface area contributed by atoms with Crippen LogP contribution in [0.15, 0.2) is 4.42 Å². The van der Waals surface area contributed by atoms with Gasteiger partial charge in [0, 0.05) is 12.6 Å². The second-order valence-corrected chi connectivity index (χ2v) is 4.95. The van der Waals surface area contributed by atoms with Crippen molar-refractivity contribution in [3.63, 3.8) is 0 Å². The molecule has 5 heteroatoms. The van der Waals surface area contributed by atoms with E-state index in [9.17, 15) is 0 Å². The highest BCUT2D eigenvalue weighted by Crippen LogP contribution is 2.26. The molecule has 0 bridgehead atoms. The first-order valence-corrected chi connectivity index (χ1v) is 7.09. The van der Waals surface area contributed by atoms with Crippen LogP contribution in [-0.4, -0.2) is 29.3 Å². The Morgan fingerprint density at radius 1 is 1.39 bits per heavy atom. The lowest BCUT2D eigenvalue weighted by atomic mass is 10.0. The molecule has 1 N–H and O–H groups in total. The van der Waals surface area contributed by atoms with Crippen molar-refractivity contribution in [2.45, 2.75) is 58.5 Å². The molecule has 1 aromatic heterocycles. The zero-order chi connectivity index (χ0) is 13.0. The molecular weight excluding hydrogens is 228 g/mol. The van der Waals surface area contributed by atoms with Crippen LogP contribution in [0.3, 0.4) is 0 Å². The average Bonchev–Trinajstić information content (AvgIpc) is 2.88. The summed E-state index contributed by atoms with van der Waals surface area (Å²) in [6, 6.07) is 1.38. The highest BCUT2D eigenvalue weighted by atomic mass is 16.4. The van der Waals surface area contributed by atoms with Crippen LogP contribution in [0.4, 0.5) is 6.01 Å². The Kier molecular flexibility index (Phi) is 4.58. The standard InChI is InChI=1S/C13H24N4O/c1-4-11-8-6-7-9-17(11)13-16-15-12(18-13)10(3)14-5-2/h10-11,14H,4-9H2,1-3H3. The van der Waals surface area contributed by atoms with Gasteiger partial charge < -0.3 is 14.6 Å².